The minimum absolute atomic E-state index is 0.196. The molecule has 0 aliphatic carbocycles. The molecule has 0 nitrogen and oxygen atoms in total. The summed E-state index contributed by atoms with van der Waals surface area (Å²) in [5.41, 5.74) is 0. The molecule has 0 aliphatic rings. The van der Waals surface area contributed by atoms with Crippen molar-refractivity contribution in [1.82, 2.24) is 0 Å². The van der Waals surface area contributed by atoms with Gasteiger partial charge in [-0.3, -0.25) is 0 Å². The Labute approximate surface area is 116 Å². The van der Waals surface area contributed by atoms with Gasteiger partial charge in [0.05, 0.1) is 0 Å². The van der Waals surface area contributed by atoms with Gasteiger partial charge in [-0.05, 0) is 25.7 Å². The van der Waals surface area contributed by atoms with Gasteiger partial charge in [-0.15, -0.1) is 11.8 Å². The topological polar surface area (TPSA) is 0 Å². The zero-order chi connectivity index (χ0) is 14.4. The molecular weight excluding hydrogens is 249 g/mol. The van der Waals surface area contributed by atoms with Crippen LogP contribution in [0.3, 0.4) is 0 Å². The van der Waals surface area contributed by atoms with Gasteiger partial charge in [-0.25, -0.2) is 0 Å². The van der Waals surface area contributed by atoms with E-state index in [-0.39, 0.29) is 6.42 Å². The highest BCUT2D eigenvalue weighted by atomic mass is 19.4. The predicted octanol–water partition coefficient (Wildman–Crippen LogP) is 6.07. The van der Waals surface area contributed by atoms with E-state index in [2.05, 4.69) is 25.2 Å². The zero-order valence-electron chi connectivity index (χ0n) is 12.0. The second-order valence-electron chi connectivity index (χ2n) is 4.85. The van der Waals surface area contributed by atoms with Gasteiger partial charge in [0.2, 0.25) is 0 Å². The van der Waals surface area contributed by atoms with Crippen LogP contribution in [-0.2, 0) is 0 Å². The molecule has 0 N–H and O–H groups in total. The largest absolute Gasteiger partial charge is 0.389 e. The second-order valence-corrected chi connectivity index (χ2v) is 4.85. The lowest BCUT2D eigenvalue weighted by atomic mass is 10.1. The van der Waals surface area contributed by atoms with Crippen LogP contribution in [0.2, 0.25) is 0 Å². The van der Waals surface area contributed by atoms with Crippen LogP contribution in [-0.4, -0.2) is 6.18 Å². The molecular formula is C16H26F3. The van der Waals surface area contributed by atoms with E-state index in [9.17, 15) is 13.2 Å². The quantitative estimate of drug-likeness (QED) is 0.335. The van der Waals surface area contributed by atoms with E-state index in [1.165, 1.54) is 25.7 Å². The molecule has 0 aromatic carbocycles. The van der Waals surface area contributed by atoms with Gasteiger partial charge in [0.25, 0.3) is 0 Å². The van der Waals surface area contributed by atoms with E-state index in [1.807, 2.05) is 0 Å². The fourth-order valence-electron chi connectivity index (χ4n) is 1.75. The van der Waals surface area contributed by atoms with E-state index in [4.69, 9.17) is 0 Å². The van der Waals surface area contributed by atoms with E-state index >= 15 is 0 Å². The standard InChI is InChI=1S/C16H26F3/c1-2-3-4-5-6-7-8-9-10-11-12-13-14-15-16(17,18)19/h7H,2-6,8-9,12-15H2,1H3. The highest BCUT2D eigenvalue weighted by Gasteiger charge is 2.25. The summed E-state index contributed by atoms with van der Waals surface area (Å²) in [5, 5.41) is 0. The number of alkyl halides is 3. The number of rotatable bonds is 10. The molecule has 0 unspecified atom stereocenters. The van der Waals surface area contributed by atoms with Gasteiger partial charge in [-0.2, -0.15) is 13.2 Å². The summed E-state index contributed by atoms with van der Waals surface area (Å²) in [6.07, 6.45) is 7.06. The normalized spacial score (nSPS) is 11.2. The van der Waals surface area contributed by atoms with E-state index in [0.717, 1.165) is 19.3 Å². The third kappa shape index (κ3) is 17.4. The molecule has 3 heteroatoms. The third-order valence-corrected chi connectivity index (χ3v) is 2.87. The van der Waals surface area contributed by atoms with Crippen molar-refractivity contribution in [1.29, 1.82) is 0 Å². The third-order valence-electron chi connectivity index (χ3n) is 2.87. The Morgan fingerprint density at radius 1 is 0.842 bits per heavy atom. The van der Waals surface area contributed by atoms with Gasteiger partial charge in [-0.1, -0.05) is 39.0 Å². The van der Waals surface area contributed by atoms with Crippen molar-refractivity contribution in [2.24, 2.45) is 0 Å². The smallest absolute Gasteiger partial charge is 0.171 e. The monoisotopic (exact) mass is 275 g/mol. The predicted molar refractivity (Wildman–Crippen MR) is 74.6 cm³/mol. The first kappa shape index (κ1) is 18.4. The Hall–Kier alpha value is -0.650. The molecule has 0 saturated heterocycles. The summed E-state index contributed by atoms with van der Waals surface area (Å²) in [5.74, 6) is 5.97. The van der Waals surface area contributed by atoms with Crippen LogP contribution in [0.25, 0.3) is 0 Å². The van der Waals surface area contributed by atoms with Gasteiger partial charge in [0.15, 0.2) is 0 Å². The summed E-state index contributed by atoms with van der Waals surface area (Å²) in [6.45, 7) is 2.20. The van der Waals surface area contributed by atoms with Crippen molar-refractivity contribution in [3.8, 4) is 11.8 Å². The minimum atomic E-state index is -4.01. The van der Waals surface area contributed by atoms with E-state index in [0.29, 0.717) is 12.8 Å². The van der Waals surface area contributed by atoms with E-state index in [1.54, 1.807) is 0 Å². The van der Waals surface area contributed by atoms with Crippen LogP contribution >= 0.6 is 0 Å². The van der Waals surface area contributed by atoms with Crippen LogP contribution in [0.1, 0.15) is 77.6 Å². The second kappa shape index (κ2) is 12.4. The molecule has 0 heterocycles. The first-order valence-corrected chi connectivity index (χ1v) is 7.40. The van der Waals surface area contributed by atoms with Crippen LogP contribution in [0.4, 0.5) is 13.2 Å². The molecule has 0 amide bonds. The summed E-state index contributed by atoms with van der Waals surface area (Å²) < 4.78 is 35.5. The highest BCUT2D eigenvalue weighted by Crippen LogP contribution is 2.22. The van der Waals surface area contributed by atoms with Crippen molar-refractivity contribution >= 4 is 0 Å². The van der Waals surface area contributed by atoms with Crippen molar-refractivity contribution in [2.75, 3.05) is 0 Å². The maximum absolute atomic E-state index is 11.8. The molecule has 19 heavy (non-hydrogen) atoms. The maximum Gasteiger partial charge on any atom is 0.389 e. The first-order chi connectivity index (χ1) is 9.06. The Morgan fingerprint density at radius 3 is 2.26 bits per heavy atom. The molecule has 0 atom stereocenters. The minimum Gasteiger partial charge on any atom is -0.171 e. The summed E-state index contributed by atoms with van der Waals surface area (Å²) >= 11 is 0. The first-order valence-electron chi connectivity index (χ1n) is 7.40. The molecule has 0 spiro atoms. The number of hydrogen-bond acceptors (Lipinski definition) is 0. The number of hydrogen-bond donors (Lipinski definition) is 0. The lowest BCUT2D eigenvalue weighted by Gasteiger charge is -2.03. The number of halogens is 3. The lowest BCUT2D eigenvalue weighted by molar-refractivity contribution is -0.135. The molecule has 111 valence electrons. The molecule has 1 radical (unpaired) electrons. The van der Waals surface area contributed by atoms with Crippen LogP contribution in [0, 0.1) is 18.3 Å². The zero-order valence-corrected chi connectivity index (χ0v) is 12.0. The van der Waals surface area contributed by atoms with Gasteiger partial charge in [0, 0.05) is 19.3 Å². The molecule has 0 aliphatic heterocycles. The van der Waals surface area contributed by atoms with Crippen molar-refractivity contribution < 1.29 is 13.2 Å². The molecule has 0 aromatic rings. The average Bonchev–Trinajstić information content (AvgIpc) is 2.34. The summed E-state index contributed by atoms with van der Waals surface area (Å²) in [7, 11) is 0. The van der Waals surface area contributed by atoms with E-state index < -0.39 is 12.6 Å². The fourth-order valence-corrected chi connectivity index (χ4v) is 1.75. The van der Waals surface area contributed by atoms with Gasteiger partial charge < -0.3 is 0 Å². The average molecular weight is 275 g/mol. The SMILES string of the molecule is CCCCCC[CH]CCC#CCCCCC(F)(F)F. The Kier molecular flexibility index (Phi) is 12.0. The van der Waals surface area contributed by atoms with Crippen LogP contribution in [0.5, 0.6) is 0 Å². The maximum atomic E-state index is 11.8. The Morgan fingerprint density at radius 2 is 1.58 bits per heavy atom. The Balaban J connectivity index is 3.18. The molecule has 0 fully saturated rings. The summed E-state index contributed by atoms with van der Waals surface area (Å²) in [4.78, 5) is 0. The fraction of sp³-hybridized carbons (Fsp3) is 0.812. The lowest BCUT2D eigenvalue weighted by Crippen LogP contribution is -2.05. The van der Waals surface area contributed by atoms with Crippen molar-refractivity contribution in [3.05, 3.63) is 6.42 Å². The number of unbranched alkanes of at least 4 members (excludes halogenated alkanes) is 9. The molecule has 0 bridgehead atoms. The van der Waals surface area contributed by atoms with Gasteiger partial charge >= 0.3 is 6.18 Å². The summed E-state index contributed by atoms with van der Waals surface area (Å²) in [6, 6.07) is 0. The van der Waals surface area contributed by atoms with Crippen molar-refractivity contribution in [3.63, 3.8) is 0 Å². The van der Waals surface area contributed by atoms with Crippen LogP contribution < -0.4 is 0 Å². The van der Waals surface area contributed by atoms with Crippen molar-refractivity contribution in [2.45, 2.75) is 83.7 Å². The molecule has 0 saturated carbocycles. The molecule has 0 aromatic heterocycles. The Bertz CT molecular complexity index is 245. The highest BCUT2D eigenvalue weighted by molar-refractivity contribution is 4.99. The molecule has 0 rings (SSSR count). The van der Waals surface area contributed by atoms with Crippen LogP contribution in [0.15, 0.2) is 0 Å². The van der Waals surface area contributed by atoms with Gasteiger partial charge in [0.1, 0.15) is 0 Å².